The Hall–Kier alpha value is -1.23. The van der Waals surface area contributed by atoms with Crippen LogP contribution in [0.3, 0.4) is 0 Å². The van der Waals surface area contributed by atoms with E-state index >= 15 is 0 Å². The van der Waals surface area contributed by atoms with E-state index in [-0.39, 0.29) is 17.7 Å². The van der Waals surface area contributed by atoms with E-state index < -0.39 is 0 Å². The molecule has 1 aromatic heterocycles. The van der Waals surface area contributed by atoms with Crippen molar-refractivity contribution in [2.24, 2.45) is 5.73 Å². The van der Waals surface area contributed by atoms with Gasteiger partial charge in [-0.25, -0.2) is 14.4 Å². The van der Waals surface area contributed by atoms with Gasteiger partial charge in [-0.3, -0.25) is 0 Å². The molecule has 84 valence electrons. The minimum atomic E-state index is -0.372. The zero-order valence-corrected chi connectivity index (χ0v) is 9.13. The summed E-state index contributed by atoms with van der Waals surface area (Å²) < 4.78 is 13.6. The number of nitrogens with two attached hydrogens (primary N) is 1. The molecule has 0 fully saturated rings. The molecule has 0 spiro atoms. The highest BCUT2D eigenvalue weighted by Crippen LogP contribution is 2.12. The van der Waals surface area contributed by atoms with E-state index in [1.807, 2.05) is 13.8 Å². The van der Waals surface area contributed by atoms with Gasteiger partial charge in [0.15, 0.2) is 11.6 Å². The molecule has 4 nitrogen and oxygen atoms in total. The average molecular weight is 212 g/mol. The molecule has 0 aliphatic heterocycles. The first-order valence-corrected chi connectivity index (χ1v) is 5.17. The van der Waals surface area contributed by atoms with Crippen LogP contribution in [0.4, 0.5) is 10.2 Å². The molecule has 0 aliphatic rings. The van der Waals surface area contributed by atoms with Gasteiger partial charge < -0.3 is 11.1 Å². The zero-order chi connectivity index (χ0) is 11.3. The van der Waals surface area contributed by atoms with Crippen molar-refractivity contribution in [2.75, 3.05) is 11.9 Å². The second-order valence-electron chi connectivity index (χ2n) is 3.39. The Kier molecular flexibility index (Phi) is 4.42. The van der Waals surface area contributed by atoms with Crippen molar-refractivity contribution in [3.8, 4) is 0 Å². The molecule has 1 unspecified atom stereocenters. The van der Waals surface area contributed by atoms with Gasteiger partial charge in [0.2, 0.25) is 0 Å². The molecule has 0 aliphatic carbocycles. The Labute approximate surface area is 89.1 Å². The third-order valence-corrected chi connectivity index (χ3v) is 2.25. The molecule has 15 heavy (non-hydrogen) atoms. The highest BCUT2D eigenvalue weighted by Gasteiger charge is 2.09. The highest BCUT2D eigenvalue weighted by molar-refractivity contribution is 5.37. The lowest BCUT2D eigenvalue weighted by molar-refractivity contribution is 0.592. The van der Waals surface area contributed by atoms with Gasteiger partial charge in [-0.1, -0.05) is 13.8 Å². The second kappa shape index (κ2) is 5.60. The fourth-order valence-electron chi connectivity index (χ4n) is 1.15. The standard InChI is InChI=1S/C10H17FN4/c1-3-7(12)5-13-10-9(11)8(4-2)14-6-15-10/h6-7H,3-5,12H2,1-2H3,(H,13,14,15). The number of anilines is 1. The van der Waals surface area contributed by atoms with Crippen LogP contribution < -0.4 is 11.1 Å². The predicted molar refractivity (Wildman–Crippen MR) is 58.1 cm³/mol. The molecular weight excluding hydrogens is 195 g/mol. The fourth-order valence-corrected chi connectivity index (χ4v) is 1.15. The van der Waals surface area contributed by atoms with Crippen molar-refractivity contribution in [2.45, 2.75) is 32.7 Å². The molecule has 0 radical (unpaired) electrons. The summed E-state index contributed by atoms with van der Waals surface area (Å²) in [7, 11) is 0. The molecule has 0 bridgehead atoms. The van der Waals surface area contributed by atoms with Crippen molar-refractivity contribution in [1.29, 1.82) is 0 Å². The Bertz CT molecular complexity index is 316. The molecule has 0 saturated carbocycles. The summed E-state index contributed by atoms with van der Waals surface area (Å²) in [6.45, 7) is 4.36. The Balaban J connectivity index is 2.68. The number of halogens is 1. The van der Waals surface area contributed by atoms with Crippen molar-refractivity contribution in [3.05, 3.63) is 17.8 Å². The van der Waals surface area contributed by atoms with Crippen LogP contribution in [-0.2, 0) is 6.42 Å². The number of aromatic nitrogens is 2. The quantitative estimate of drug-likeness (QED) is 0.772. The maximum absolute atomic E-state index is 13.6. The molecule has 0 saturated heterocycles. The number of nitrogens with zero attached hydrogens (tertiary/aromatic N) is 2. The molecule has 0 aromatic carbocycles. The molecule has 1 aromatic rings. The smallest absolute Gasteiger partial charge is 0.186 e. The van der Waals surface area contributed by atoms with E-state index in [4.69, 9.17) is 5.73 Å². The van der Waals surface area contributed by atoms with Gasteiger partial charge in [-0.05, 0) is 12.8 Å². The van der Waals surface area contributed by atoms with Crippen molar-refractivity contribution in [1.82, 2.24) is 9.97 Å². The zero-order valence-electron chi connectivity index (χ0n) is 9.13. The van der Waals surface area contributed by atoms with Crippen LogP contribution in [-0.4, -0.2) is 22.6 Å². The van der Waals surface area contributed by atoms with Crippen LogP contribution in [0.15, 0.2) is 6.33 Å². The summed E-state index contributed by atoms with van der Waals surface area (Å²) in [4.78, 5) is 7.69. The summed E-state index contributed by atoms with van der Waals surface area (Å²) in [6.07, 6.45) is 2.77. The Morgan fingerprint density at radius 3 is 2.80 bits per heavy atom. The van der Waals surface area contributed by atoms with E-state index in [1.54, 1.807) is 0 Å². The summed E-state index contributed by atoms with van der Waals surface area (Å²) in [6, 6.07) is 0.0180. The van der Waals surface area contributed by atoms with Gasteiger partial charge >= 0.3 is 0 Å². The van der Waals surface area contributed by atoms with Gasteiger partial charge in [0.05, 0.1) is 5.69 Å². The van der Waals surface area contributed by atoms with E-state index in [1.165, 1.54) is 6.33 Å². The van der Waals surface area contributed by atoms with E-state index in [2.05, 4.69) is 15.3 Å². The fraction of sp³-hybridized carbons (Fsp3) is 0.600. The van der Waals surface area contributed by atoms with Gasteiger partial charge in [-0.2, -0.15) is 0 Å². The van der Waals surface area contributed by atoms with Crippen LogP contribution in [0.5, 0.6) is 0 Å². The predicted octanol–water partition coefficient (Wildman–Crippen LogP) is 1.33. The van der Waals surface area contributed by atoms with Crippen LogP contribution >= 0.6 is 0 Å². The number of nitrogens with one attached hydrogen (secondary N) is 1. The van der Waals surface area contributed by atoms with Crippen molar-refractivity contribution in [3.63, 3.8) is 0 Å². The third-order valence-electron chi connectivity index (χ3n) is 2.25. The van der Waals surface area contributed by atoms with Gasteiger partial charge in [0.25, 0.3) is 0 Å². The summed E-state index contributed by atoms with van der Waals surface area (Å²) in [5, 5.41) is 2.89. The topological polar surface area (TPSA) is 63.8 Å². The molecule has 3 N–H and O–H groups in total. The van der Waals surface area contributed by atoms with Gasteiger partial charge in [0, 0.05) is 12.6 Å². The second-order valence-corrected chi connectivity index (χ2v) is 3.39. The van der Waals surface area contributed by atoms with E-state index in [0.29, 0.717) is 18.7 Å². The van der Waals surface area contributed by atoms with Gasteiger partial charge in [0.1, 0.15) is 6.33 Å². The largest absolute Gasteiger partial charge is 0.366 e. The SMILES string of the molecule is CCc1ncnc(NCC(N)CC)c1F. The molecule has 0 amide bonds. The minimum absolute atomic E-state index is 0.0180. The number of hydrogen-bond donors (Lipinski definition) is 2. The molecule has 5 heteroatoms. The van der Waals surface area contributed by atoms with Crippen LogP contribution in [0, 0.1) is 5.82 Å². The highest BCUT2D eigenvalue weighted by atomic mass is 19.1. The lowest BCUT2D eigenvalue weighted by Gasteiger charge is -2.11. The maximum atomic E-state index is 13.6. The molecule has 1 atom stereocenters. The minimum Gasteiger partial charge on any atom is -0.366 e. The molecular formula is C10H17FN4. The third kappa shape index (κ3) is 3.13. The average Bonchev–Trinajstić information content (AvgIpc) is 2.27. The first-order valence-electron chi connectivity index (χ1n) is 5.17. The summed E-state index contributed by atoms with van der Waals surface area (Å²) >= 11 is 0. The Morgan fingerprint density at radius 2 is 2.20 bits per heavy atom. The van der Waals surface area contributed by atoms with Gasteiger partial charge in [-0.15, -0.1) is 0 Å². The molecule has 1 rings (SSSR count). The van der Waals surface area contributed by atoms with Crippen LogP contribution in [0.1, 0.15) is 26.0 Å². The lowest BCUT2D eigenvalue weighted by Crippen LogP contribution is -2.28. The summed E-state index contributed by atoms with van der Waals surface area (Å²) in [5.41, 5.74) is 6.14. The first kappa shape index (κ1) is 11.8. The number of aryl methyl sites for hydroxylation is 1. The van der Waals surface area contributed by atoms with E-state index in [9.17, 15) is 4.39 Å². The van der Waals surface area contributed by atoms with Crippen molar-refractivity contribution >= 4 is 5.82 Å². The maximum Gasteiger partial charge on any atom is 0.186 e. The first-order chi connectivity index (χ1) is 7.19. The lowest BCUT2D eigenvalue weighted by atomic mass is 10.2. The van der Waals surface area contributed by atoms with Crippen molar-refractivity contribution < 1.29 is 4.39 Å². The number of hydrogen-bond acceptors (Lipinski definition) is 4. The van der Waals surface area contributed by atoms with Crippen LogP contribution in [0.25, 0.3) is 0 Å². The Morgan fingerprint density at radius 1 is 1.47 bits per heavy atom. The summed E-state index contributed by atoms with van der Waals surface area (Å²) in [5.74, 6) is -0.131. The monoisotopic (exact) mass is 212 g/mol. The molecule has 1 heterocycles. The van der Waals surface area contributed by atoms with E-state index in [0.717, 1.165) is 6.42 Å². The normalized spacial score (nSPS) is 12.5. The number of rotatable bonds is 5. The van der Waals surface area contributed by atoms with Crippen LogP contribution in [0.2, 0.25) is 0 Å².